The predicted molar refractivity (Wildman–Crippen MR) is 92.2 cm³/mol. The summed E-state index contributed by atoms with van der Waals surface area (Å²) in [4.78, 5) is 2.02. The first-order valence-corrected chi connectivity index (χ1v) is 7.78. The second-order valence-electron chi connectivity index (χ2n) is 5.56. The standard InChI is InChI=1S/C17H20N2O2S/c1-18-17(22)19(2)16-12(9-20)10-21-14-8-7-11-5-3-4-6-13(11)15(14)16/h3-8,12,16,20H,9-10H2,1-2H3,(H,18,22). The summed E-state index contributed by atoms with van der Waals surface area (Å²) in [5.41, 5.74) is 1.10. The Bertz CT molecular complexity index is 704. The van der Waals surface area contributed by atoms with Gasteiger partial charge in [0.2, 0.25) is 0 Å². The third-order valence-corrected chi connectivity index (χ3v) is 4.80. The smallest absolute Gasteiger partial charge is 0.168 e. The molecule has 0 aliphatic carbocycles. The number of hydrogen-bond acceptors (Lipinski definition) is 3. The highest BCUT2D eigenvalue weighted by molar-refractivity contribution is 7.80. The van der Waals surface area contributed by atoms with Gasteiger partial charge in [-0.3, -0.25) is 0 Å². The number of rotatable bonds is 2. The maximum absolute atomic E-state index is 9.79. The lowest BCUT2D eigenvalue weighted by molar-refractivity contribution is 0.0851. The molecule has 5 heteroatoms. The van der Waals surface area contributed by atoms with Gasteiger partial charge < -0.3 is 20.1 Å². The van der Waals surface area contributed by atoms with Gasteiger partial charge in [0.25, 0.3) is 0 Å². The van der Waals surface area contributed by atoms with Crippen molar-refractivity contribution in [1.82, 2.24) is 10.2 Å². The minimum atomic E-state index is -0.0189. The summed E-state index contributed by atoms with van der Waals surface area (Å²) in [7, 11) is 3.78. The van der Waals surface area contributed by atoms with Crippen LogP contribution in [-0.2, 0) is 0 Å². The van der Waals surface area contributed by atoms with Gasteiger partial charge in [0.1, 0.15) is 5.75 Å². The van der Waals surface area contributed by atoms with Gasteiger partial charge in [-0.1, -0.05) is 30.3 Å². The number of aliphatic hydroxyl groups is 1. The molecule has 0 aromatic heterocycles. The Balaban J connectivity index is 2.20. The molecule has 0 spiro atoms. The summed E-state index contributed by atoms with van der Waals surface area (Å²) in [6, 6.07) is 12.3. The fraction of sp³-hybridized carbons (Fsp3) is 0.353. The van der Waals surface area contributed by atoms with Crippen LogP contribution in [0, 0.1) is 5.92 Å². The molecule has 1 aliphatic heterocycles. The van der Waals surface area contributed by atoms with Crippen LogP contribution < -0.4 is 10.1 Å². The van der Waals surface area contributed by atoms with Crippen LogP contribution in [0.5, 0.6) is 5.75 Å². The fourth-order valence-electron chi connectivity index (χ4n) is 3.20. The van der Waals surface area contributed by atoms with Crippen molar-refractivity contribution in [3.8, 4) is 5.75 Å². The lowest BCUT2D eigenvalue weighted by atomic mass is 9.87. The quantitative estimate of drug-likeness (QED) is 0.833. The molecule has 22 heavy (non-hydrogen) atoms. The number of thiocarbonyl (C=S) groups is 1. The van der Waals surface area contributed by atoms with Gasteiger partial charge in [0, 0.05) is 25.6 Å². The molecule has 0 amide bonds. The first-order chi connectivity index (χ1) is 10.7. The largest absolute Gasteiger partial charge is 0.493 e. The summed E-state index contributed by atoms with van der Waals surface area (Å²) >= 11 is 5.40. The van der Waals surface area contributed by atoms with Gasteiger partial charge in [0.15, 0.2) is 5.11 Å². The number of benzene rings is 2. The Morgan fingerprint density at radius 1 is 1.36 bits per heavy atom. The van der Waals surface area contributed by atoms with Gasteiger partial charge in [-0.25, -0.2) is 0 Å². The van der Waals surface area contributed by atoms with E-state index in [-0.39, 0.29) is 18.6 Å². The number of hydrogen-bond donors (Lipinski definition) is 2. The SMILES string of the molecule is CNC(=S)N(C)C1c2c(ccc3ccccc23)OCC1CO. The van der Waals surface area contributed by atoms with E-state index in [1.807, 2.05) is 37.2 Å². The van der Waals surface area contributed by atoms with Crippen molar-refractivity contribution in [2.75, 3.05) is 27.3 Å². The van der Waals surface area contributed by atoms with E-state index >= 15 is 0 Å². The zero-order valence-corrected chi connectivity index (χ0v) is 13.6. The summed E-state index contributed by atoms with van der Waals surface area (Å²) in [5, 5.41) is 15.8. The van der Waals surface area contributed by atoms with Crippen LogP contribution in [0.3, 0.4) is 0 Å². The summed E-state index contributed by atoms with van der Waals surface area (Å²) < 4.78 is 5.88. The third-order valence-electron chi connectivity index (χ3n) is 4.31. The molecule has 0 radical (unpaired) electrons. The second kappa shape index (κ2) is 6.10. The van der Waals surface area contributed by atoms with Crippen LogP contribution in [0.25, 0.3) is 10.8 Å². The summed E-state index contributed by atoms with van der Waals surface area (Å²) in [6.07, 6.45) is 0. The van der Waals surface area contributed by atoms with E-state index in [2.05, 4.69) is 23.5 Å². The second-order valence-corrected chi connectivity index (χ2v) is 5.95. The average Bonchev–Trinajstić information content (AvgIpc) is 2.59. The zero-order valence-electron chi connectivity index (χ0n) is 12.7. The molecule has 1 aliphatic rings. The van der Waals surface area contributed by atoms with Crippen molar-refractivity contribution in [3.05, 3.63) is 42.0 Å². The molecule has 4 nitrogen and oxygen atoms in total. The Labute approximate surface area is 135 Å². The van der Waals surface area contributed by atoms with Crippen LogP contribution in [0.4, 0.5) is 0 Å². The van der Waals surface area contributed by atoms with E-state index in [4.69, 9.17) is 17.0 Å². The topological polar surface area (TPSA) is 44.7 Å². The molecule has 2 atom stereocenters. The first-order valence-electron chi connectivity index (χ1n) is 7.37. The number of ether oxygens (including phenoxy) is 1. The van der Waals surface area contributed by atoms with Gasteiger partial charge in [0.05, 0.1) is 19.3 Å². The normalized spacial score (nSPS) is 20.1. The van der Waals surface area contributed by atoms with E-state index in [1.54, 1.807) is 0 Å². The van der Waals surface area contributed by atoms with Crippen molar-refractivity contribution in [1.29, 1.82) is 0 Å². The Hall–Kier alpha value is -1.85. The van der Waals surface area contributed by atoms with Gasteiger partial charge in [-0.05, 0) is 29.1 Å². The molecule has 2 aromatic carbocycles. The minimum absolute atomic E-state index is 0.0141. The van der Waals surface area contributed by atoms with Crippen LogP contribution in [0.1, 0.15) is 11.6 Å². The van der Waals surface area contributed by atoms with E-state index in [0.717, 1.165) is 22.1 Å². The Morgan fingerprint density at radius 3 is 2.86 bits per heavy atom. The molecule has 2 unspecified atom stereocenters. The van der Waals surface area contributed by atoms with E-state index in [0.29, 0.717) is 11.7 Å². The predicted octanol–water partition coefficient (Wildman–Crippen LogP) is 2.32. The fourth-order valence-corrected chi connectivity index (χ4v) is 3.31. The van der Waals surface area contributed by atoms with Crippen LogP contribution in [0.2, 0.25) is 0 Å². The monoisotopic (exact) mass is 316 g/mol. The van der Waals surface area contributed by atoms with Crippen LogP contribution in [0.15, 0.2) is 36.4 Å². The minimum Gasteiger partial charge on any atom is -0.493 e. The van der Waals surface area contributed by atoms with Crippen LogP contribution in [-0.4, -0.2) is 42.4 Å². The molecule has 2 N–H and O–H groups in total. The number of fused-ring (bicyclic) bond motifs is 3. The molecule has 0 saturated heterocycles. The first kappa shape index (κ1) is 15.1. The van der Waals surface area contributed by atoms with Gasteiger partial charge in [-0.2, -0.15) is 0 Å². The zero-order chi connectivity index (χ0) is 15.7. The molecule has 0 bridgehead atoms. The highest BCUT2D eigenvalue weighted by Crippen LogP contribution is 2.42. The van der Waals surface area contributed by atoms with Crippen molar-refractivity contribution in [3.63, 3.8) is 0 Å². The number of nitrogens with zero attached hydrogens (tertiary/aromatic N) is 1. The molecule has 1 heterocycles. The maximum Gasteiger partial charge on any atom is 0.168 e. The van der Waals surface area contributed by atoms with Crippen molar-refractivity contribution >= 4 is 28.1 Å². The Morgan fingerprint density at radius 2 is 2.14 bits per heavy atom. The molecule has 0 fully saturated rings. The summed E-state index contributed by atoms with van der Waals surface area (Å²) in [6.45, 7) is 0.549. The molecule has 3 rings (SSSR count). The lowest BCUT2D eigenvalue weighted by Crippen LogP contribution is -2.44. The molecular formula is C17H20N2O2S. The van der Waals surface area contributed by atoms with Crippen molar-refractivity contribution in [2.24, 2.45) is 5.92 Å². The van der Waals surface area contributed by atoms with Crippen molar-refractivity contribution < 1.29 is 9.84 Å². The highest BCUT2D eigenvalue weighted by Gasteiger charge is 2.35. The van der Waals surface area contributed by atoms with E-state index < -0.39 is 0 Å². The van der Waals surface area contributed by atoms with Crippen molar-refractivity contribution in [2.45, 2.75) is 6.04 Å². The highest BCUT2D eigenvalue weighted by atomic mass is 32.1. The van der Waals surface area contributed by atoms with Gasteiger partial charge >= 0.3 is 0 Å². The maximum atomic E-state index is 9.79. The number of nitrogens with one attached hydrogen (secondary N) is 1. The number of aliphatic hydroxyl groups excluding tert-OH is 1. The van der Waals surface area contributed by atoms with E-state index in [1.165, 1.54) is 0 Å². The molecule has 0 saturated carbocycles. The Kier molecular flexibility index (Phi) is 4.18. The summed E-state index contributed by atoms with van der Waals surface area (Å²) in [5.74, 6) is 0.855. The van der Waals surface area contributed by atoms with Crippen LogP contribution >= 0.6 is 12.2 Å². The van der Waals surface area contributed by atoms with Gasteiger partial charge in [-0.15, -0.1) is 0 Å². The van der Waals surface area contributed by atoms with E-state index in [9.17, 15) is 5.11 Å². The average molecular weight is 316 g/mol. The lowest BCUT2D eigenvalue weighted by Gasteiger charge is -2.40. The molecule has 116 valence electrons. The molecular weight excluding hydrogens is 296 g/mol. The third kappa shape index (κ3) is 2.40. The molecule has 2 aromatic rings.